The van der Waals surface area contributed by atoms with Crippen molar-refractivity contribution in [2.45, 2.75) is 19.7 Å². The molecule has 0 spiro atoms. The molecule has 114 valence electrons. The molecule has 0 amide bonds. The van der Waals surface area contributed by atoms with Gasteiger partial charge in [-0.25, -0.2) is 0 Å². The Morgan fingerprint density at radius 1 is 1.05 bits per heavy atom. The zero-order chi connectivity index (χ0) is 15.7. The number of hydrogen-bond acceptors (Lipinski definition) is 1. The smallest absolute Gasteiger partial charge is 0.416 e. The largest absolute Gasteiger partial charge is 0.489 e. The van der Waals surface area contributed by atoms with Crippen LogP contribution >= 0.6 is 0 Å². The topological polar surface area (TPSA) is 25.0 Å². The standard InChI is InChI=1S/C17H14F3NO/c1-11-2-7-16-15(8-11)12(9-21-16)10-22-14-5-3-13(4-6-14)17(18,19)20/h2-9,21H,10H2,1H3. The first-order valence-electron chi connectivity index (χ1n) is 6.80. The summed E-state index contributed by atoms with van der Waals surface area (Å²) in [5.74, 6) is 0.412. The second kappa shape index (κ2) is 5.40. The Balaban J connectivity index is 1.75. The molecular formula is C17H14F3NO. The van der Waals surface area contributed by atoms with Crippen LogP contribution < -0.4 is 4.74 Å². The maximum Gasteiger partial charge on any atom is 0.416 e. The second-order valence-corrected chi connectivity index (χ2v) is 5.17. The van der Waals surface area contributed by atoms with Gasteiger partial charge in [-0.2, -0.15) is 13.2 Å². The average Bonchev–Trinajstić information content (AvgIpc) is 2.87. The van der Waals surface area contributed by atoms with Gasteiger partial charge in [0.05, 0.1) is 5.56 Å². The highest BCUT2D eigenvalue weighted by Crippen LogP contribution is 2.30. The molecule has 0 saturated carbocycles. The van der Waals surface area contributed by atoms with Gasteiger partial charge in [-0.3, -0.25) is 0 Å². The molecule has 0 aliphatic carbocycles. The van der Waals surface area contributed by atoms with E-state index in [9.17, 15) is 13.2 Å². The van der Waals surface area contributed by atoms with E-state index in [1.807, 2.05) is 25.3 Å². The first-order chi connectivity index (χ1) is 10.4. The number of hydrogen-bond donors (Lipinski definition) is 1. The van der Waals surface area contributed by atoms with Crippen LogP contribution in [0, 0.1) is 6.92 Å². The Bertz CT molecular complexity index is 788. The number of H-pyrrole nitrogens is 1. The van der Waals surface area contributed by atoms with Crippen molar-refractivity contribution in [3.63, 3.8) is 0 Å². The molecule has 3 aromatic rings. The minimum atomic E-state index is -4.33. The lowest BCUT2D eigenvalue weighted by atomic mass is 10.1. The maximum absolute atomic E-state index is 12.5. The number of ether oxygens (including phenoxy) is 1. The Morgan fingerprint density at radius 3 is 2.45 bits per heavy atom. The molecule has 0 saturated heterocycles. The second-order valence-electron chi connectivity index (χ2n) is 5.17. The van der Waals surface area contributed by atoms with E-state index >= 15 is 0 Å². The Kier molecular flexibility index (Phi) is 3.56. The summed E-state index contributed by atoms with van der Waals surface area (Å²) in [7, 11) is 0. The predicted octanol–water partition coefficient (Wildman–Crippen LogP) is 5.07. The van der Waals surface area contributed by atoms with E-state index in [1.165, 1.54) is 12.1 Å². The molecule has 0 radical (unpaired) electrons. The monoisotopic (exact) mass is 305 g/mol. The molecule has 3 rings (SSSR count). The molecule has 0 unspecified atom stereocenters. The quantitative estimate of drug-likeness (QED) is 0.717. The first kappa shape index (κ1) is 14.5. The van der Waals surface area contributed by atoms with E-state index in [0.717, 1.165) is 34.2 Å². The highest BCUT2D eigenvalue weighted by molar-refractivity contribution is 5.83. The molecule has 0 atom stereocenters. The van der Waals surface area contributed by atoms with Crippen molar-refractivity contribution in [2.24, 2.45) is 0 Å². The number of fused-ring (bicyclic) bond motifs is 1. The highest BCUT2D eigenvalue weighted by Gasteiger charge is 2.30. The molecule has 1 N–H and O–H groups in total. The summed E-state index contributed by atoms with van der Waals surface area (Å²) in [6.45, 7) is 2.31. The summed E-state index contributed by atoms with van der Waals surface area (Å²) in [6, 6.07) is 10.8. The van der Waals surface area contributed by atoms with Gasteiger partial charge in [0.15, 0.2) is 0 Å². The fraction of sp³-hybridized carbons (Fsp3) is 0.176. The molecule has 22 heavy (non-hydrogen) atoms. The molecular weight excluding hydrogens is 291 g/mol. The summed E-state index contributed by atoms with van der Waals surface area (Å²) in [4.78, 5) is 3.15. The molecule has 2 aromatic carbocycles. The molecule has 1 aromatic heterocycles. The van der Waals surface area contributed by atoms with Crippen molar-refractivity contribution in [3.8, 4) is 5.75 Å². The van der Waals surface area contributed by atoms with Gasteiger partial charge in [0.25, 0.3) is 0 Å². The summed E-state index contributed by atoms with van der Waals surface area (Å²) >= 11 is 0. The zero-order valence-corrected chi connectivity index (χ0v) is 11.9. The minimum absolute atomic E-state index is 0.300. The van der Waals surface area contributed by atoms with Gasteiger partial charge in [0, 0.05) is 22.7 Å². The number of rotatable bonds is 3. The summed E-state index contributed by atoms with van der Waals surface area (Å²) < 4.78 is 43.1. The molecule has 0 aliphatic rings. The first-order valence-corrected chi connectivity index (χ1v) is 6.80. The fourth-order valence-corrected chi connectivity index (χ4v) is 2.31. The van der Waals surface area contributed by atoms with Crippen LogP contribution in [0.4, 0.5) is 13.2 Å². The van der Waals surface area contributed by atoms with E-state index in [2.05, 4.69) is 11.1 Å². The molecule has 0 aliphatic heterocycles. The van der Waals surface area contributed by atoms with E-state index in [-0.39, 0.29) is 0 Å². The molecule has 0 fully saturated rings. The average molecular weight is 305 g/mol. The minimum Gasteiger partial charge on any atom is -0.489 e. The van der Waals surface area contributed by atoms with Gasteiger partial charge in [-0.1, -0.05) is 11.6 Å². The Hall–Kier alpha value is -2.43. The molecule has 1 heterocycles. The van der Waals surface area contributed by atoms with Crippen LogP contribution in [0.2, 0.25) is 0 Å². The van der Waals surface area contributed by atoms with Crippen molar-refractivity contribution in [1.29, 1.82) is 0 Å². The number of aryl methyl sites for hydroxylation is 1. The molecule has 0 bridgehead atoms. The van der Waals surface area contributed by atoms with Crippen LogP contribution in [0.25, 0.3) is 10.9 Å². The number of aromatic amines is 1. The van der Waals surface area contributed by atoms with E-state index < -0.39 is 11.7 Å². The van der Waals surface area contributed by atoms with Crippen LogP contribution in [-0.4, -0.2) is 4.98 Å². The van der Waals surface area contributed by atoms with Crippen LogP contribution in [0.5, 0.6) is 5.75 Å². The highest BCUT2D eigenvalue weighted by atomic mass is 19.4. The normalized spacial score (nSPS) is 11.8. The summed E-state index contributed by atoms with van der Waals surface area (Å²) in [5, 5.41) is 1.06. The van der Waals surface area contributed by atoms with Crippen LogP contribution in [0.15, 0.2) is 48.7 Å². The third-order valence-electron chi connectivity index (χ3n) is 3.50. The van der Waals surface area contributed by atoms with E-state index in [4.69, 9.17) is 4.74 Å². The lowest BCUT2D eigenvalue weighted by Crippen LogP contribution is -2.04. The SMILES string of the molecule is Cc1ccc2[nH]cc(COc3ccc(C(F)(F)F)cc3)c2c1. The van der Waals surface area contributed by atoms with E-state index in [0.29, 0.717) is 12.4 Å². The number of halogens is 3. The predicted molar refractivity (Wildman–Crippen MR) is 78.8 cm³/mol. The van der Waals surface area contributed by atoms with Gasteiger partial charge in [0.1, 0.15) is 12.4 Å². The lowest BCUT2D eigenvalue weighted by Gasteiger charge is -2.09. The molecule has 2 nitrogen and oxygen atoms in total. The number of nitrogens with one attached hydrogen (secondary N) is 1. The number of alkyl halides is 3. The maximum atomic E-state index is 12.5. The van der Waals surface area contributed by atoms with Crippen molar-refractivity contribution >= 4 is 10.9 Å². The van der Waals surface area contributed by atoms with Crippen molar-refractivity contribution in [1.82, 2.24) is 4.98 Å². The fourth-order valence-electron chi connectivity index (χ4n) is 2.31. The third kappa shape index (κ3) is 2.93. The van der Waals surface area contributed by atoms with Crippen LogP contribution in [-0.2, 0) is 12.8 Å². The van der Waals surface area contributed by atoms with Crippen molar-refractivity contribution in [3.05, 3.63) is 65.4 Å². The summed E-state index contributed by atoms with van der Waals surface area (Å²) in [5.41, 5.74) is 2.45. The van der Waals surface area contributed by atoms with E-state index in [1.54, 1.807) is 0 Å². The van der Waals surface area contributed by atoms with Crippen molar-refractivity contribution in [2.75, 3.05) is 0 Å². The number of benzene rings is 2. The number of aromatic nitrogens is 1. The molecule has 5 heteroatoms. The van der Waals surface area contributed by atoms with Crippen LogP contribution in [0.3, 0.4) is 0 Å². The van der Waals surface area contributed by atoms with Gasteiger partial charge in [-0.05, 0) is 43.3 Å². The summed E-state index contributed by atoms with van der Waals surface area (Å²) in [6.07, 6.45) is -2.47. The van der Waals surface area contributed by atoms with Gasteiger partial charge >= 0.3 is 6.18 Å². The Labute approximate surface area is 125 Å². The third-order valence-corrected chi connectivity index (χ3v) is 3.50. The van der Waals surface area contributed by atoms with Gasteiger partial charge in [-0.15, -0.1) is 0 Å². The lowest BCUT2D eigenvalue weighted by molar-refractivity contribution is -0.137. The zero-order valence-electron chi connectivity index (χ0n) is 11.9. The van der Waals surface area contributed by atoms with Crippen LogP contribution in [0.1, 0.15) is 16.7 Å². The van der Waals surface area contributed by atoms with Crippen molar-refractivity contribution < 1.29 is 17.9 Å². The Morgan fingerprint density at radius 2 is 1.77 bits per heavy atom. The van der Waals surface area contributed by atoms with Gasteiger partial charge in [0.2, 0.25) is 0 Å². The van der Waals surface area contributed by atoms with Gasteiger partial charge < -0.3 is 9.72 Å².